The fourth-order valence-corrected chi connectivity index (χ4v) is 3.47. The van der Waals surface area contributed by atoms with Crippen molar-refractivity contribution in [1.82, 2.24) is 14.9 Å². The van der Waals surface area contributed by atoms with Crippen molar-refractivity contribution in [2.45, 2.75) is 26.7 Å². The van der Waals surface area contributed by atoms with Gasteiger partial charge in [-0.2, -0.15) is 0 Å². The van der Waals surface area contributed by atoms with E-state index in [-0.39, 0.29) is 11.8 Å². The largest absolute Gasteiger partial charge is 0.481 e. The predicted molar refractivity (Wildman–Crippen MR) is 93.8 cm³/mol. The lowest BCUT2D eigenvalue weighted by molar-refractivity contribution is -0.142. The highest BCUT2D eigenvalue weighted by atomic mass is 16.4. The third kappa shape index (κ3) is 4.00. The van der Waals surface area contributed by atoms with Crippen LogP contribution in [-0.4, -0.2) is 71.1 Å². The van der Waals surface area contributed by atoms with Crippen molar-refractivity contribution >= 4 is 23.5 Å². The molecule has 1 N–H and O–H groups in total. The van der Waals surface area contributed by atoms with Gasteiger partial charge in [0.1, 0.15) is 17.5 Å². The van der Waals surface area contributed by atoms with Gasteiger partial charge in [0.15, 0.2) is 0 Å². The predicted octanol–water partition coefficient (Wildman–Crippen LogP) is 0.755. The zero-order valence-corrected chi connectivity index (χ0v) is 14.8. The van der Waals surface area contributed by atoms with Gasteiger partial charge in [-0.1, -0.05) is 0 Å². The first-order valence-corrected chi connectivity index (χ1v) is 8.78. The molecule has 0 radical (unpaired) electrons. The van der Waals surface area contributed by atoms with E-state index in [1.54, 1.807) is 6.92 Å². The molecule has 0 aromatic carbocycles. The summed E-state index contributed by atoms with van der Waals surface area (Å²) in [6, 6.07) is 1.98. The first-order chi connectivity index (χ1) is 11.9. The molecule has 0 spiro atoms. The summed E-state index contributed by atoms with van der Waals surface area (Å²) in [7, 11) is 0. The maximum atomic E-state index is 11.5. The number of hydrogen-bond donors (Lipinski definition) is 1. The molecule has 136 valence electrons. The van der Waals surface area contributed by atoms with Gasteiger partial charge in [0.25, 0.3) is 0 Å². The van der Waals surface area contributed by atoms with Gasteiger partial charge in [0.2, 0.25) is 5.91 Å². The molecule has 0 atom stereocenters. The average molecular weight is 347 g/mol. The number of anilines is 2. The third-order valence-corrected chi connectivity index (χ3v) is 5.03. The van der Waals surface area contributed by atoms with Gasteiger partial charge in [-0.3, -0.25) is 9.59 Å². The van der Waals surface area contributed by atoms with E-state index in [9.17, 15) is 9.59 Å². The molecule has 3 heterocycles. The van der Waals surface area contributed by atoms with Crippen LogP contribution < -0.4 is 9.80 Å². The number of carboxylic acid groups (broad SMARTS) is 1. The Morgan fingerprint density at radius 3 is 2.00 bits per heavy atom. The van der Waals surface area contributed by atoms with Crippen LogP contribution in [0.5, 0.6) is 0 Å². The Balaban J connectivity index is 1.69. The van der Waals surface area contributed by atoms with E-state index in [0.717, 1.165) is 24.7 Å². The first-order valence-electron chi connectivity index (χ1n) is 8.78. The van der Waals surface area contributed by atoms with Gasteiger partial charge in [-0.05, 0) is 19.8 Å². The lowest BCUT2D eigenvalue weighted by Crippen LogP contribution is -2.48. The Morgan fingerprint density at radius 2 is 1.52 bits per heavy atom. The van der Waals surface area contributed by atoms with Crippen molar-refractivity contribution in [3.05, 3.63) is 11.9 Å². The second-order valence-electron chi connectivity index (χ2n) is 6.72. The minimum absolute atomic E-state index is 0.112. The fraction of sp³-hybridized carbons (Fsp3) is 0.647. The van der Waals surface area contributed by atoms with E-state index in [2.05, 4.69) is 19.8 Å². The number of carbonyl (C=O) groups is 2. The highest BCUT2D eigenvalue weighted by Gasteiger charge is 2.26. The van der Waals surface area contributed by atoms with E-state index in [1.165, 1.54) is 0 Å². The Bertz CT molecular complexity index is 597. The molecule has 0 saturated carbocycles. The van der Waals surface area contributed by atoms with E-state index < -0.39 is 5.97 Å². The summed E-state index contributed by atoms with van der Waals surface area (Å²) in [5.41, 5.74) is 0. The Morgan fingerprint density at radius 1 is 1.00 bits per heavy atom. The van der Waals surface area contributed by atoms with Crippen LogP contribution >= 0.6 is 0 Å². The molecular formula is C17H25N5O3. The average Bonchev–Trinajstić information content (AvgIpc) is 2.61. The molecule has 0 bridgehead atoms. The van der Waals surface area contributed by atoms with Crippen molar-refractivity contribution in [2.24, 2.45) is 5.92 Å². The fourth-order valence-electron chi connectivity index (χ4n) is 3.47. The Labute approximate surface area is 147 Å². The zero-order valence-electron chi connectivity index (χ0n) is 14.8. The van der Waals surface area contributed by atoms with Crippen LogP contribution in [0.1, 0.15) is 25.6 Å². The number of carboxylic acids is 1. The summed E-state index contributed by atoms with van der Waals surface area (Å²) in [5, 5.41) is 9.14. The molecule has 1 amide bonds. The minimum Gasteiger partial charge on any atom is -0.481 e. The van der Waals surface area contributed by atoms with Gasteiger partial charge in [-0.25, -0.2) is 9.97 Å². The Hall–Kier alpha value is -2.38. The van der Waals surface area contributed by atoms with Crippen LogP contribution in [0.4, 0.5) is 11.6 Å². The molecule has 3 rings (SSSR count). The van der Waals surface area contributed by atoms with Crippen molar-refractivity contribution in [3.63, 3.8) is 0 Å². The summed E-state index contributed by atoms with van der Waals surface area (Å²) in [6.07, 6.45) is 1.29. The smallest absolute Gasteiger partial charge is 0.306 e. The van der Waals surface area contributed by atoms with Gasteiger partial charge >= 0.3 is 5.97 Å². The second kappa shape index (κ2) is 7.25. The number of rotatable bonds is 3. The molecule has 2 aliphatic rings. The van der Waals surface area contributed by atoms with Crippen LogP contribution in [-0.2, 0) is 9.59 Å². The van der Waals surface area contributed by atoms with Crippen molar-refractivity contribution < 1.29 is 14.7 Å². The summed E-state index contributed by atoms with van der Waals surface area (Å²) in [5.74, 6) is 1.61. The minimum atomic E-state index is -0.706. The number of aryl methyl sites for hydroxylation is 1. The number of aliphatic carboxylic acids is 1. The lowest BCUT2D eigenvalue weighted by atomic mass is 9.97. The molecule has 8 heteroatoms. The molecule has 25 heavy (non-hydrogen) atoms. The number of piperazine rings is 1. The molecule has 2 aliphatic heterocycles. The molecule has 1 aromatic rings. The SMILES string of the molecule is CC(=O)N1CCN(c2cc(N3CCC(C(=O)O)CC3)nc(C)n2)CC1. The molecule has 8 nitrogen and oxygen atoms in total. The van der Waals surface area contributed by atoms with Crippen LogP contribution in [0, 0.1) is 12.8 Å². The third-order valence-electron chi connectivity index (χ3n) is 5.03. The van der Waals surface area contributed by atoms with Crippen LogP contribution in [0.25, 0.3) is 0 Å². The topological polar surface area (TPSA) is 89.9 Å². The number of aromatic nitrogens is 2. The molecule has 0 unspecified atom stereocenters. The molecule has 1 aromatic heterocycles. The summed E-state index contributed by atoms with van der Waals surface area (Å²) in [6.45, 7) is 7.81. The maximum absolute atomic E-state index is 11.5. The summed E-state index contributed by atoms with van der Waals surface area (Å²) in [4.78, 5) is 37.8. The summed E-state index contributed by atoms with van der Waals surface area (Å²) < 4.78 is 0. The van der Waals surface area contributed by atoms with Gasteiger partial charge in [-0.15, -0.1) is 0 Å². The van der Waals surface area contributed by atoms with Gasteiger partial charge in [0.05, 0.1) is 5.92 Å². The quantitative estimate of drug-likeness (QED) is 0.863. The molecule has 0 aliphatic carbocycles. The van der Waals surface area contributed by atoms with Crippen LogP contribution in [0.2, 0.25) is 0 Å². The highest BCUT2D eigenvalue weighted by molar-refractivity contribution is 5.73. The molecular weight excluding hydrogens is 322 g/mol. The first kappa shape index (κ1) is 17.4. The monoisotopic (exact) mass is 347 g/mol. The van der Waals surface area contributed by atoms with Crippen molar-refractivity contribution in [1.29, 1.82) is 0 Å². The van der Waals surface area contributed by atoms with Crippen LogP contribution in [0.3, 0.4) is 0 Å². The van der Waals surface area contributed by atoms with Crippen molar-refractivity contribution in [3.8, 4) is 0 Å². The van der Waals surface area contributed by atoms with E-state index in [0.29, 0.717) is 44.8 Å². The maximum Gasteiger partial charge on any atom is 0.306 e. The lowest BCUT2D eigenvalue weighted by Gasteiger charge is -2.36. The van der Waals surface area contributed by atoms with Crippen LogP contribution in [0.15, 0.2) is 6.07 Å². The van der Waals surface area contributed by atoms with Crippen molar-refractivity contribution in [2.75, 3.05) is 49.1 Å². The zero-order chi connectivity index (χ0) is 18.0. The van der Waals surface area contributed by atoms with Gasteiger partial charge in [0, 0.05) is 52.3 Å². The highest BCUT2D eigenvalue weighted by Crippen LogP contribution is 2.25. The second-order valence-corrected chi connectivity index (χ2v) is 6.72. The Kier molecular flexibility index (Phi) is 5.06. The van der Waals surface area contributed by atoms with E-state index >= 15 is 0 Å². The van der Waals surface area contributed by atoms with E-state index in [4.69, 9.17) is 5.11 Å². The van der Waals surface area contributed by atoms with E-state index in [1.807, 2.05) is 17.9 Å². The number of hydrogen-bond acceptors (Lipinski definition) is 6. The number of nitrogens with zero attached hydrogens (tertiary/aromatic N) is 5. The standard InChI is InChI=1S/C17H25N5O3/c1-12-18-15(21-5-3-14(4-6-21)17(24)25)11-16(19-12)22-9-7-20(8-10-22)13(2)23/h11,14H,3-10H2,1-2H3,(H,24,25). The molecule has 2 saturated heterocycles. The number of amides is 1. The number of piperidine rings is 1. The summed E-state index contributed by atoms with van der Waals surface area (Å²) >= 11 is 0. The normalized spacial score (nSPS) is 19.2. The number of carbonyl (C=O) groups excluding carboxylic acids is 1. The van der Waals surface area contributed by atoms with Gasteiger partial charge < -0.3 is 19.8 Å². The molecule has 2 fully saturated rings.